The minimum absolute atomic E-state index is 0.128. The molecule has 0 amide bonds. The molecular weight excluding hydrogens is 440 g/mol. The minimum Gasteiger partial charge on any atom is -0.490 e. The Bertz CT molecular complexity index is 1100. The Morgan fingerprint density at radius 2 is 1.90 bits per heavy atom. The second-order valence-corrected chi connectivity index (χ2v) is 8.25. The summed E-state index contributed by atoms with van der Waals surface area (Å²) in [6.45, 7) is 4.19. The lowest BCUT2D eigenvalue weighted by atomic mass is 9.96. The largest absolute Gasteiger partial charge is 0.490 e. The summed E-state index contributed by atoms with van der Waals surface area (Å²) < 4.78 is 13.1. The fourth-order valence-electron chi connectivity index (χ4n) is 3.97. The molecule has 0 bridgehead atoms. The first kappa shape index (κ1) is 18.9. The Morgan fingerprint density at radius 3 is 2.67 bits per heavy atom. The Kier molecular flexibility index (Phi) is 5.05. The third-order valence-electron chi connectivity index (χ3n) is 5.39. The van der Waals surface area contributed by atoms with E-state index in [0.717, 1.165) is 44.8 Å². The standard InChI is InChI=1S/C25H21BrN2O2/c1-2-14-29-20-11-8-17(9-12-20)22-16-23-21-15-19(26)10-13-24(21)30-25(28(23)27-22)18-6-4-3-5-7-18/h2-13,15,23,25H,1,14,16H2/t23-,25-/m0/s1. The maximum Gasteiger partial charge on any atom is 0.213 e. The quantitative estimate of drug-likeness (QED) is 0.421. The van der Waals surface area contributed by atoms with E-state index < -0.39 is 0 Å². The molecule has 5 heteroatoms. The smallest absolute Gasteiger partial charge is 0.213 e. The van der Waals surface area contributed by atoms with Gasteiger partial charge in [0, 0.05) is 22.0 Å². The second kappa shape index (κ2) is 8.00. The van der Waals surface area contributed by atoms with E-state index in [0.29, 0.717) is 6.61 Å². The fourth-order valence-corrected chi connectivity index (χ4v) is 4.35. The molecule has 4 nitrogen and oxygen atoms in total. The van der Waals surface area contributed by atoms with Gasteiger partial charge in [0.05, 0.1) is 11.8 Å². The van der Waals surface area contributed by atoms with Gasteiger partial charge in [0.15, 0.2) is 0 Å². The molecule has 2 aliphatic heterocycles. The van der Waals surface area contributed by atoms with Gasteiger partial charge < -0.3 is 9.47 Å². The van der Waals surface area contributed by atoms with E-state index in [1.165, 1.54) is 0 Å². The molecule has 0 aliphatic carbocycles. The van der Waals surface area contributed by atoms with Crippen LogP contribution in [0.2, 0.25) is 0 Å². The Labute approximate surface area is 184 Å². The summed E-state index contributed by atoms with van der Waals surface area (Å²) in [5.74, 6) is 1.74. The topological polar surface area (TPSA) is 34.1 Å². The van der Waals surface area contributed by atoms with Crippen LogP contribution >= 0.6 is 15.9 Å². The van der Waals surface area contributed by atoms with Crippen LogP contribution in [-0.2, 0) is 0 Å². The predicted molar refractivity (Wildman–Crippen MR) is 122 cm³/mol. The Morgan fingerprint density at radius 1 is 1.10 bits per heavy atom. The van der Waals surface area contributed by atoms with Gasteiger partial charge in [-0.15, -0.1) is 0 Å². The summed E-state index contributed by atoms with van der Waals surface area (Å²) in [4.78, 5) is 0. The van der Waals surface area contributed by atoms with Gasteiger partial charge in [-0.25, -0.2) is 5.01 Å². The van der Waals surface area contributed by atoms with Gasteiger partial charge in [-0.1, -0.05) is 58.9 Å². The van der Waals surface area contributed by atoms with Crippen LogP contribution in [0.3, 0.4) is 0 Å². The maximum atomic E-state index is 6.40. The monoisotopic (exact) mass is 460 g/mol. The van der Waals surface area contributed by atoms with E-state index in [-0.39, 0.29) is 12.3 Å². The van der Waals surface area contributed by atoms with Crippen molar-refractivity contribution >= 4 is 21.6 Å². The number of halogens is 1. The highest BCUT2D eigenvalue weighted by atomic mass is 79.9. The van der Waals surface area contributed by atoms with Gasteiger partial charge in [0.2, 0.25) is 6.23 Å². The van der Waals surface area contributed by atoms with Crippen LogP contribution in [0.1, 0.15) is 35.4 Å². The lowest BCUT2D eigenvalue weighted by molar-refractivity contribution is -0.0190. The molecule has 0 N–H and O–H groups in total. The fraction of sp³-hybridized carbons (Fsp3) is 0.160. The maximum absolute atomic E-state index is 6.40. The van der Waals surface area contributed by atoms with Crippen molar-refractivity contribution in [1.82, 2.24) is 5.01 Å². The number of hydrogen-bond donors (Lipinski definition) is 0. The number of hydrazone groups is 1. The van der Waals surface area contributed by atoms with Gasteiger partial charge in [-0.05, 0) is 48.0 Å². The zero-order chi connectivity index (χ0) is 20.5. The van der Waals surface area contributed by atoms with Crippen molar-refractivity contribution < 1.29 is 9.47 Å². The van der Waals surface area contributed by atoms with Crippen LogP contribution in [0.5, 0.6) is 11.5 Å². The van der Waals surface area contributed by atoms with Crippen molar-refractivity contribution in [2.24, 2.45) is 5.10 Å². The number of benzene rings is 3. The number of hydrogen-bond acceptors (Lipinski definition) is 4. The highest BCUT2D eigenvalue weighted by Gasteiger charge is 2.41. The van der Waals surface area contributed by atoms with Crippen molar-refractivity contribution in [2.45, 2.75) is 18.7 Å². The van der Waals surface area contributed by atoms with Crippen LogP contribution < -0.4 is 9.47 Å². The van der Waals surface area contributed by atoms with Crippen LogP contribution in [0.25, 0.3) is 0 Å². The first-order valence-corrected chi connectivity index (χ1v) is 10.7. The molecule has 3 aromatic carbocycles. The van der Waals surface area contributed by atoms with Gasteiger partial charge in [-0.3, -0.25) is 0 Å². The molecule has 3 aromatic rings. The van der Waals surface area contributed by atoms with Crippen LogP contribution in [0.4, 0.5) is 0 Å². The van der Waals surface area contributed by atoms with Crippen molar-refractivity contribution in [3.05, 3.63) is 107 Å². The van der Waals surface area contributed by atoms with Gasteiger partial charge in [-0.2, -0.15) is 5.10 Å². The van der Waals surface area contributed by atoms with Gasteiger partial charge in [0.1, 0.15) is 18.1 Å². The van der Waals surface area contributed by atoms with Crippen molar-refractivity contribution in [2.75, 3.05) is 6.61 Å². The van der Waals surface area contributed by atoms with Crippen LogP contribution in [-0.4, -0.2) is 17.3 Å². The van der Waals surface area contributed by atoms with Crippen molar-refractivity contribution in [1.29, 1.82) is 0 Å². The lowest BCUT2D eigenvalue weighted by Crippen LogP contribution is -2.33. The van der Waals surface area contributed by atoms with E-state index in [9.17, 15) is 0 Å². The molecule has 0 aromatic heterocycles. The first-order valence-electron chi connectivity index (χ1n) is 9.94. The van der Waals surface area contributed by atoms with E-state index in [2.05, 4.69) is 57.8 Å². The summed E-state index contributed by atoms with van der Waals surface area (Å²) in [5, 5.41) is 7.11. The normalized spacial score (nSPS) is 19.4. The van der Waals surface area contributed by atoms with E-state index in [4.69, 9.17) is 14.6 Å². The summed E-state index contributed by atoms with van der Waals surface area (Å²) >= 11 is 3.60. The van der Waals surface area contributed by atoms with Crippen LogP contribution in [0.15, 0.2) is 95.0 Å². The molecule has 2 aliphatic rings. The number of ether oxygens (including phenoxy) is 2. The summed E-state index contributed by atoms with van der Waals surface area (Å²) in [6.07, 6.45) is 2.31. The van der Waals surface area contributed by atoms with Gasteiger partial charge >= 0.3 is 0 Å². The second-order valence-electron chi connectivity index (χ2n) is 7.33. The number of rotatable bonds is 5. The molecule has 0 spiro atoms. The minimum atomic E-state index is -0.252. The zero-order valence-electron chi connectivity index (χ0n) is 16.4. The molecule has 2 heterocycles. The average molecular weight is 461 g/mol. The summed E-state index contributed by atoms with van der Waals surface area (Å²) in [7, 11) is 0. The Hall–Kier alpha value is -3.05. The van der Waals surface area contributed by atoms with Crippen molar-refractivity contribution in [3.8, 4) is 11.5 Å². The SMILES string of the molecule is C=CCOc1ccc(C2=NN3[C@@H](C2)c2cc(Br)ccc2O[C@H]3c2ccccc2)cc1. The highest BCUT2D eigenvalue weighted by molar-refractivity contribution is 9.10. The molecule has 30 heavy (non-hydrogen) atoms. The summed E-state index contributed by atoms with van der Waals surface area (Å²) in [5.41, 5.74) is 4.39. The van der Waals surface area contributed by atoms with E-state index in [1.54, 1.807) is 6.08 Å². The Balaban J connectivity index is 1.51. The number of nitrogens with zero attached hydrogens (tertiary/aromatic N) is 2. The highest BCUT2D eigenvalue weighted by Crippen LogP contribution is 2.48. The summed E-state index contributed by atoms with van der Waals surface area (Å²) in [6, 6.07) is 24.7. The van der Waals surface area contributed by atoms with Gasteiger partial charge in [0.25, 0.3) is 0 Å². The van der Waals surface area contributed by atoms with Crippen LogP contribution in [0, 0.1) is 0 Å². The molecule has 5 rings (SSSR count). The predicted octanol–water partition coefficient (Wildman–Crippen LogP) is 6.26. The van der Waals surface area contributed by atoms with E-state index >= 15 is 0 Å². The molecule has 0 unspecified atom stereocenters. The first-order chi connectivity index (χ1) is 14.7. The molecule has 0 radical (unpaired) electrons. The average Bonchev–Trinajstić information content (AvgIpc) is 3.24. The molecule has 0 saturated heterocycles. The molecule has 0 fully saturated rings. The molecular formula is C25H21BrN2O2. The zero-order valence-corrected chi connectivity index (χ0v) is 18.0. The molecule has 2 atom stereocenters. The third kappa shape index (κ3) is 3.50. The molecule has 150 valence electrons. The lowest BCUT2D eigenvalue weighted by Gasteiger charge is -2.38. The third-order valence-corrected chi connectivity index (χ3v) is 5.89. The van der Waals surface area contributed by atoms with Crippen molar-refractivity contribution in [3.63, 3.8) is 0 Å². The van der Waals surface area contributed by atoms with E-state index in [1.807, 2.05) is 42.5 Å². The number of fused-ring (bicyclic) bond motifs is 3. The molecule has 0 saturated carbocycles.